The van der Waals surface area contributed by atoms with Crippen LogP contribution in [0, 0.1) is 0 Å². The minimum Gasteiger partial charge on any atom is -0.351 e. The molecule has 1 saturated carbocycles. The SMILES string of the molecule is CC(=O)Nc1nc(C2(C(=O)NCc3cc(C(F)(F)F)cc(C(F)(F)F)c3)CCC(N3CCCCC3)C2)cs1. The van der Waals surface area contributed by atoms with Gasteiger partial charge in [0.05, 0.1) is 22.2 Å². The van der Waals surface area contributed by atoms with E-state index in [0.29, 0.717) is 42.2 Å². The second-order valence-corrected chi connectivity index (χ2v) is 10.7. The van der Waals surface area contributed by atoms with Crippen molar-refractivity contribution in [2.75, 3.05) is 18.4 Å². The van der Waals surface area contributed by atoms with Crippen LogP contribution in [0.1, 0.15) is 67.8 Å². The van der Waals surface area contributed by atoms with Crippen LogP contribution < -0.4 is 10.6 Å². The van der Waals surface area contributed by atoms with E-state index in [-0.39, 0.29) is 23.6 Å². The van der Waals surface area contributed by atoms with E-state index in [9.17, 15) is 35.9 Å². The summed E-state index contributed by atoms with van der Waals surface area (Å²) in [4.78, 5) is 31.9. The number of anilines is 1. The van der Waals surface area contributed by atoms with E-state index in [0.717, 1.165) is 43.7 Å². The average Bonchev–Trinajstić information content (AvgIpc) is 3.50. The van der Waals surface area contributed by atoms with Crippen molar-refractivity contribution in [1.29, 1.82) is 0 Å². The Morgan fingerprint density at radius 2 is 1.68 bits per heavy atom. The van der Waals surface area contributed by atoms with Gasteiger partial charge in [-0.25, -0.2) is 4.98 Å². The first kappa shape index (κ1) is 28.3. The van der Waals surface area contributed by atoms with Gasteiger partial charge in [-0.2, -0.15) is 26.3 Å². The van der Waals surface area contributed by atoms with Gasteiger partial charge in [0.2, 0.25) is 11.8 Å². The normalized spacial score (nSPS) is 22.9. The summed E-state index contributed by atoms with van der Waals surface area (Å²) in [6.45, 7) is 2.63. The molecule has 2 atom stereocenters. The molecule has 13 heteroatoms. The van der Waals surface area contributed by atoms with Gasteiger partial charge in [-0.3, -0.25) is 9.59 Å². The van der Waals surface area contributed by atoms with Gasteiger partial charge in [-0.15, -0.1) is 11.3 Å². The van der Waals surface area contributed by atoms with Gasteiger partial charge in [0, 0.05) is 24.9 Å². The molecule has 2 heterocycles. The van der Waals surface area contributed by atoms with E-state index in [1.807, 2.05) is 0 Å². The van der Waals surface area contributed by atoms with Crippen LogP contribution in [-0.2, 0) is 33.9 Å². The van der Waals surface area contributed by atoms with Crippen LogP contribution in [0.4, 0.5) is 31.5 Å². The first-order valence-electron chi connectivity index (χ1n) is 12.3. The van der Waals surface area contributed by atoms with Crippen molar-refractivity contribution in [3.63, 3.8) is 0 Å². The Labute approximate surface area is 219 Å². The number of likely N-dealkylation sites (tertiary alicyclic amines) is 1. The van der Waals surface area contributed by atoms with Crippen LogP contribution in [0.5, 0.6) is 0 Å². The van der Waals surface area contributed by atoms with Crippen molar-refractivity contribution >= 4 is 28.3 Å². The Balaban J connectivity index is 1.60. The third-order valence-electron chi connectivity index (χ3n) is 7.21. The monoisotopic (exact) mass is 562 g/mol. The fourth-order valence-electron chi connectivity index (χ4n) is 5.34. The lowest BCUT2D eigenvalue weighted by molar-refractivity contribution is -0.143. The highest BCUT2D eigenvalue weighted by Gasteiger charge is 2.49. The second-order valence-electron chi connectivity index (χ2n) is 9.89. The smallest absolute Gasteiger partial charge is 0.351 e. The van der Waals surface area contributed by atoms with Crippen LogP contribution in [-0.4, -0.2) is 40.8 Å². The number of amides is 2. The Morgan fingerprint density at radius 1 is 1.05 bits per heavy atom. The number of benzene rings is 1. The molecule has 2 unspecified atom stereocenters. The van der Waals surface area contributed by atoms with Crippen LogP contribution in [0.3, 0.4) is 0 Å². The van der Waals surface area contributed by atoms with Crippen molar-refractivity contribution in [2.24, 2.45) is 0 Å². The standard InChI is InChI=1S/C25H28F6N4O2S/c1-15(36)33-22-34-20(14-38-22)23(6-5-19(12-23)35-7-3-2-4-8-35)21(37)32-13-16-9-17(24(26,27)28)11-18(10-16)25(29,30)31/h9-11,14,19H,2-8,12-13H2,1H3,(H,32,37)(H,33,34,36). The van der Waals surface area contributed by atoms with E-state index in [1.54, 1.807) is 5.38 Å². The lowest BCUT2D eigenvalue weighted by atomic mass is 9.81. The molecule has 0 spiro atoms. The molecule has 2 N–H and O–H groups in total. The van der Waals surface area contributed by atoms with Gasteiger partial charge in [0.15, 0.2) is 5.13 Å². The summed E-state index contributed by atoms with van der Waals surface area (Å²) >= 11 is 1.15. The van der Waals surface area contributed by atoms with Crippen LogP contribution in [0.2, 0.25) is 0 Å². The second kappa shape index (κ2) is 10.8. The first-order chi connectivity index (χ1) is 17.8. The van der Waals surface area contributed by atoms with E-state index in [4.69, 9.17) is 0 Å². The summed E-state index contributed by atoms with van der Waals surface area (Å²) in [6.07, 6.45) is -5.19. The zero-order chi connectivity index (χ0) is 27.7. The van der Waals surface area contributed by atoms with Gasteiger partial charge >= 0.3 is 12.4 Å². The van der Waals surface area contributed by atoms with Crippen LogP contribution in [0.25, 0.3) is 0 Å². The predicted molar refractivity (Wildman–Crippen MR) is 129 cm³/mol. The number of rotatable bonds is 6. The van der Waals surface area contributed by atoms with Crippen molar-refractivity contribution in [2.45, 2.75) is 75.8 Å². The van der Waals surface area contributed by atoms with Gasteiger partial charge in [0.25, 0.3) is 0 Å². The lowest BCUT2D eigenvalue weighted by Gasteiger charge is -2.34. The Bertz CT molecular complexity index is 1140. The minimum absolute atomic E-state index is 0.0613. The molecular formula is C25H28F6N4O2S. The number of piperidine rings is 1. The summed E-state index contributed by atoms with van der Waals surface area (Å²) in [5, 5.41) is 7.18. The summed E-state index contributed by atoms with van der Waals surface area (Å²) in [5.74, 6) is -0.838. The zero-order valence-corrected chi connectivity index (χ0v) is 21.5. The maximum Gasteiger partial charge on any atom is 0.416 e. The number of nitrogens with one attached hydrogen (secondary N) is 2. The van der Waals surface area contributed by atoms with Crippen LogP contribution in [0.15, 0.2) is 23.6 Å². The third-order valence-corrected chi connectivity index (χ3v) is 7.97. The molecule has 38 heavy (non-hydrogen) atoms. The quantitative estimate of drug-likeness (QED) is 0.441. The molecule has 1 aliphatic heterocycles. The highest BCUT2D eigenvalue weighted by Crippen LogP contribution is 2.45. The highest BCUT2D eigenvalue weighted by molar-refractivity contribution is 7.14. The Hall–Kier alpha value is -2.67. The Morgan fingerprint density at radius 3 is 2.26 bits per heavy atom. The molecule has 1 aliphatic carbocycles. The molecular weight excluding hydrogens is 534 g/mol. The fourth-order valence-corrected chi connectivity index (χ4v) is 6.20. The van der Waals surface area contributed by atoms with E-state index in [1.165, 1.54) is 6.92 Å². The van der Waals surface area contributed by atoms with E-state index in [2.05, 4.69) is 20.5 Å². The number of carbonyl (C=O) groups is 2. The van der Waals surface area contributed by atoms with Crippen LogP contribution >= 0.6 is 11.3 Å². The molecule has 208 valence electrons. The fraction of sp³-hybridized carbons (Fsp3) is 0.560. The van der Waals surface area contributed by atoms with E-state index >= 15 is 0 Å². The van der Waals surface area contributed by atoms with Gasteiger partial charge in [0.1, 0.15) is 0 Å². The van der Waals surface area contributed by atoms with Crippen molar-refractivity contribution in [3.05, 3.63) is 46.0 Å². The summed E-state index contributed by atoms with van der Waals surface area (Å²) in [5.41, 5.74) is -3.86. The molecule has 2 aliphatic rings. The summed E-state index contributed by atoms with van der Waals surface area (Å²) < 4.78 is 79.7. The zero-order valence-electron chi connectivity index (χ0n) is 20.6. The largest absolute Gasteiger partial charge is 0.416 e. The summed E-state index contributed by atoms with van der Waals surface area (Å²) in [7, 11) is 0. The molecule has 2 aromatic rings. The molecule has 0 radical (unpaired) electrons. The average molecular weight is 563 g/mol. The molecule has 1 aromatic carbocycles. The number of alkyl halides is 6. The van der Waals surface area contributed by atoms with Crippen molar-refractivity contribution in [1.82, 2.24) is 15.2 Å². The van der Waals surface area contributed by atoms with Crippen molar-refractivity contribution in [3.8, 4) is 0 Å². The summed E-state index contributed by atoms with van der Waals surface area (Å²) in [6, 6.07) is 1.39. The first-order valence-corrected chi connectivity index (χ1v) is 13.2. The number of carbonyl (C=O) groups excluding carboxylic acids is 2. The maximum atomic E-state index is 13.7. The highest BCUT2D eigenvalue weighted by atomic mass is 32.1. The number of hydrogen-bond donors (Lipinski definition) is 2. The molecule has 2 fully saturated rings. The van der Waals surface area contributed by atoms with Gasteiger partial charge in [-0.05, 0) is 69.0 Å². The van der Waals surface area contributed by atoms with E-state index < -0.39 is 41.3 Å². The van der Waals surface area contributed by atoms with Gasteiger partial charge in [-0.1, -0.05) is 6.42 Å². The number of aromatic nitrogens is 1. The minimum atomic E-state index is -4.98. The molecule has 1 aromatic heterocycles. The molecule has 6 nitrogen and oxygen atoms in total. The molecule has 2 amide bonds. The number of nitrogens with zero attached hydrogens (tertiary/aromatic N) is 2. The molecule has 1 saturated heterocycles. The topological polar surface area (TPSA) is 74.3 Å². The van der Waals surface area contributed by atoms with Crippen molar-refractivity contribution < 1.29 is 35.9 Å². The molecule has 4 rings (SSSR count). The molecule has 0 bridgehead atoms. The third kappa shape index (κ3) is 6.31. The van der Waals surface area contributed by atoms with Gasteiger partial charge < -0.3 is 15.5 Å². The lowest BCUT2D eigenvalue weighted by Crippen LogP contribution is -2.45. The maximum absolute atomic E-state index is 13.7. The Kier molecular flexibility index (Phi) is 8.08. The number of hydrogen-bond acceptors (Lipinski definition) is 5. The number of halogens is 6. The number of thiazole rings is 1. The predicted octanol–water partition coefficient (Wildman–Crippen LogP) is 5.73.